The first kappa shape index (κ1) is 25.0. The molecule has 1 atom stereocenters. The maximum absolute atomic E-state index is 6.72. The molecule has 3 heteroatoms. The largest absolute Gasteiger partial charge is 0.456 e. The van der Waals surface area contributed by atoms with Crippen LogP contribution in [0.4, 0.5) is 5.69 Å². The summed E-state index contributed by atoms with van der Waals surface area (Å²) in [6.45, 7) is 17.9. The zero-order valence-corrected chi connectivity index (χ0v) is 24.1. The minimum Gasteiger partial charge on any atom is -0.456 e. The average molecular weight is 505 g/mol. The molecule has 3 aliphatic heterocycles. The van der Waals surface area contributed by atoms with Gasteiger partial charge in [0.1, 0.15) is 11.5 Å². The minimum absolute atomic E-state index is 0.0567. The Morgan fingerprint density at radius 2 is 1.71 bits per heavy atom. The van der Waals surface area contributed by atoms with E-state index in [0.717, 1.165) is 34.9 Å². The number of benzene rings is 3. The summed E-state index contributed by atoms with van der Waals surface area (Å²) in [5, 5.41) is 5.96. The topological polar surface area (TPSA) is 33.6 Å². The van der Waals surface area contributed by atoms with Crippen LogP contribution in [-0.2, 0) is 0 Å². The summed E-state index contributed by atoms with van der Waals surface area (Å²) >= 11 is 0. The number of nitrogens with one attached hydrogen (secondary N) is 1. The molecule has 0 saturated carbocycles. The Morgan fingerprint density at radius 3 is 2.39 bits per heavy atom. The van der Waals surface area contributed by atoms with Crippen LogP contribution in [0.2, 0.25) is 0 Å². The van der Waals surface area contributed by atoms with Gasteiger partial charge in [0.05, 0.1) is 10.9 Å². The number of hydrogen-bond donors (Lipinski definition) is 1. The highest BCUT2D eigenvalue weighted by Gasteiger charge is 2.33. The SMILES string of the molecule is CCC1CC(C)(C)Nc2cc3c(cc21)C(c1ccc(C(C)C)cc1)=c1cc2c(cc1O3)=NC(C)(C)C=C2C. The molecule has 3 aliphatic rings. The van der Waals surface area contributed by atoms with Gasteiger partial charge in [-0.2, -0.15) is 0 Å². The highest BCUT2D eigenvalue weighted by Crippen LogP contribution is 2.47. The molecule has 1 unspecified atom stereocenters. The molecule has 196 valence electrons. The molecule has 0 radical (unpaired) electrons. The Kier molecular flexibility index (Phi) is 5.65. The van der Waals surface area contributed by atoms with Gasteiger partial charge in [-0.15, -0.1) is 0 Å². The van der Waals surface area contributed by atoms with Crippen molar-refractivity contribution >= 4 is 16.8 Å². The van der Waals surface area contributed by atoms with Gasteiger partial charge >= 0.3 is 0 Å². The Labute approximate surface area is 227 Å². The molecular formula is C35H40N2O. The fourth-order valence-corrected chi connectivity index (χ4v) is 6.64. The summed E-state index contributed by atoms with van der Waals surface area (Å²) in [4.78, 5) is 5.05. The summed E-state index contributed by atoms with van der Waals surface area (Å²) in [7, 11) is 0. The molecule has 38 heavy (non-hydrogen) atoms. The van der Waals surface area contributed by atoms with Crippen molar-refractivity contribution in [1.82, 2.24) is 0 Å². The van der Waals surface area contributed by atoms with Crippen LogP contribution in [0.3, 0.4) is 0 Å². The van der Waals surface area contributed by atoms with Crippen LogP contribution < -0.4 is 20.6 Å². The predicted molar refractivity (Wildman–Crippen MR) is 159 cm³/mol. The van der Waals surface area contributed by atoms with Gasteiger partial charge in [0, 0.05) is 45.3 Å². The number of anilines is 1. The lowest BCUT2D eigenvalue weighted by Gasteiger charge is -2.39. The van der Waals surface area contributed by atoms with E-state index in [2.05, 4.69) is 115 Å². The first-order valence-electron chi connectivity index (χ1n) is 14.2. The summed E-state index contributed by atoms with van der Waals surface area (Å²) in [5.74, 6) is 2.82. The van der Waals surface area contributed by atoms with Crippen LogP contribution in [0.25, 0.3) is 11.1 Å². The second-order valence-corrected chi connectivity index (χ2v) is 13.0. The summed E-state index contributed by atoms with van der Waals surface area (Å²) in [6, 6.07) is 18.2. The van der Waals surface area contributed by atoms with Crippen LogP contribution in [0.15, 0.2) is 59.6 Å². The number of allylic oxidation sites excluding steroid dienone is 1. The van der Waals surface area contributed by atoms with Crippen LogP contribution in [0, 0.1) is 0 Å². The molecule has 6 rings (SSSR count). The Hall–Kier alpha value is -3.33. The van der Waals surface area contributed by atoms with E-state index in [4.69, 9.17) is 9.73 Å². The molecule has 3 heterocycles. The Morgan fingerprint density at radius 1 is 0.974 bits per heavy atom. The van der Waals surface area contributed by atoms with Gasteiger partial charge in [-0.25, -0.2) is 0 Å². The van der Waals surface area contributed by atoms with Gasteiger partial charge in [0.15, 0.2) is 0 Å². The summed E-state index contributed by atoms with van der Waals surface area (Å²) in [5.41, 5.74) is 9.92. The summed E-state index contributed by atoms with van der Waals surface area (Å²) < 4.78 is 6.72. The quantitative estimate of drug-likeness (QED) is 0.306. The first-order valence-corrected chi connectivity index (χ1v) is 14.2. The van der Waals surface area contributed by atoms with E-state index in [1.165, 1.54) is 44.7 Å². The number of ether oxygens (including phenoxy) is 1. The van der Waals surface area contributed by atoms with Crippen molar-refractivity contribution in [1.29, 1.82) is 0 Å². The van der Waals surface area contributed by atoms with Gasteiger partial charge in [-0.1, -0.05) is 51.1 Å². The Bertz CT molecular complexity index is 1600. The third-order valence-electron chi connectivity index (χ3n) is 8.44. The van der Waals surface area contributed by atoms with Crippen LogP contribution in [0.1, 0.15) is 108 Å². The van der Waals surface area contributed by atoms with E-state index in [9.17, 15) is 0 Å². The number of rotatable bonds is 3. The van der Waals surface area contributed by atoms with Crippen molar-refractivity contribution in [2.24, 2.45) is 4.99 Å². The zero-order chi connectivity index (χ0) is 27.0. The van der Waals surface area contributed by atoms with Crippen molar-refractivity contribution < 1.29 is 4.74 Å². The number of fused-ring (bicyclic) bond motifs is 4. The van der Waals surface area contributed by atoms with E-state index >= 15 is 0 Å². The van der Waals surface area contributed by atoms with E-state index < -0.39 is 0 Å². The molecule has 0 aromatic heterocycles. The zero-order valence-electron chi connectivity index (χ0n) is 24.1. The van der Waals surface area contributed by atoms with Crippen molar-refractivity contribution in [3.8, 4) is 11.5 Å². The molecule has 3 nitrogen and oxygen atoms in total. The molecule has 0 bridgehead atoms. The van der Waals surface area contributed by atoms with E-state index in [1.54, 1.807) is 0 Å². The molecule has 3 aromatic rings. The lowest BCUT2D eigenvalue weighted by Crippen LogP contribution is -2.37. The maximum atomic E-state index is 6.72. The highest BCUT2D eigenvalue weighted by molar-refractivity contribution is 5.88. The molecule has 0 saturated heterocycles. The smallest absolute Gasteiger partial charge is 0.137 e. The Balaban J connectivity index is 1.66. The van der Waals surface area contributed by atoms with E-state index in [0.29, 0.717) is 11.8 Å². The molecule has 3 aromatic carbocycles. The molecule has 0 aliphatic carbocycles. The normalized spacial score (nSPS) is 20.2. The molecule has 0 amide bonds. The molecule has 0 fully saturated rings. The second-order valence-electron chi connectivity index (χ2n) is 13.0. The summed E-state index contributed by atoms with van der Waals surface area (Å²) in [6.07, 6.45) is 4.52. The lowest BCUT2D eigenvalue weighted by molar-refractivity contribution is 0.426. The second kappa shape index (κ2) is 8.59. The fourth-order valence-electron chi connectivity index (χ4n) is 6.64. The highest BCUT2D eigenvalue weighted by atomic mass is 16.5. The van der Waals surface area contributed by atoms with Gasteiger partial charge in [0.25, 0.3) is 0 Å². The van der Waals surface area contributed by atoms with Crippen LogP contribution in [-0.4, -0.2) is 11.1 Å². The van der Waals surface area contributed by atoms with Crippen molar-refractivity contribution in [3.05, 3.63) is 93.0 Å². The van der Waals surface area contributed by atoms with Gasteiger partial charge in [0.2, 0.25) is 0 Å². The average Bonchev–Trinajstić information content (AvgIpc) is 2.84. The van der Waals surface area contributed by atoms with Crippen molar-refractivity contribution in [2.75, 3.05) is 5.32 Å². The van der Waals surface area contributed by atoms with Gasteiger partial charge in [-0.05, 0) is 93.7 Å². The first-order chi connectivity index (χ1) is 17.9. The van der Waals surface area contributed by atoms with Crippen molar-refractivity contribution in [2.45, 2.75) is 91.1 Å². The standard InChI is InChI=1S/C35H40N2O/c1-9-22-19-35(7,8)37-30-17-32-28(15-26(22)30)33(24-12-10-23(11-13-24)20(2)3)27-14-25-21(4)18-34(5,6)36-29(25)16-31(27)38-32/h10-18,20,22,37H,9,19H2,1-8H3. The predicted octanol–water partition coefficient (Wildman–Crippen LogP) is 8.07. The van der Waals surface area contributed by atoms with Crippen LogP contribution in [0.5, 0.6) is 11.5 Å². The maximum Gasteiger partial charge on any atom is 0.137 e. The third kappa shape index (κ3) is 4.17. The number of nitrogens with zero attached hydrogens (tertiary/aromatic N) is 1. The molecular weight excluding hydrogens is 464 g/mol. The van der Waals surface area contributed by atoms with Crippen LogP contribution >= 0.6 is 0 Å². The molecule has 1 N–H and O–H groups in total. The van der Waals surface area contributed by atoms with E-state index in [-0.39, 0.29) is 11.1 Å². The lowest BCUT2D eigenvalue weighted by atomic mass is 9.78. The van der Waals surface area contributed by atoms with E-state index in [1.807, 2.05) is 0 Å². The van der Waals surface area contributed by atoms with Gasteiger partial charge in [-0.3, -0.25) is 4.99 Å². The third-order valence-corrected chi connectivity index (χ3v) is 8.44. The monoisotopic (exact) mass is 504 g/mol. The fraction of sp³-hybridized carbons (Fsp3) is 0.400. The minimum atomic E-state index is -0.221. The van der Waals surface area contributed by atoms with Gasteiger partial charge < -0.3 is 10.1 Å². The van der Waals surface area contributed by atoms with Crippen molar-refractivity contribution in [3.63, 3.8) is 0 Å². The molecule has 0 spiro atoms. The number of hydrogen-bond acceptors (Lipinski definition) is 3.